The normalized spacial score (nSPS) is 11.8. The van der Waals surface area contributed by atoms with E-state index in [1.807, 2.05) is 38.3 Å². The summed E-state index contributed by atoms with van der Waals surface area (Å²) in [6.07, 6.45) is 4.25. The summed E-state index contributed by atoms with van der Waals surface area (Å²) in [6, 6.07) is 6.73. The molecule has 0 radical (unpaired) electrons. The zero-order valence-electron chi connectivity index (χ0n) is 14.0. The summed E-state index contributed by atoms with van der Waals surface area (Å²) in [7, 11) is 0. The number of benzene rings is 1. The maximum atomic E-state index is 12.5. The largest absolute Gasteiger partial charge is 0.340 e. The van der Waals surface area contributed by atoms with E-state index < -0.39 is 6.04 Å². The Morgan fingerprint density at radius 3 is 2.75 bits per heavy atom. The van der Waals surface area contributed by atoms with Gasteiger partial charge < -0.3 is 10.6 Å². The van der Waals surface area contributed by atoms with Crippen molar-refractivity contribution in [3.63, 3.8) is 0 Å². The maximum absolute atomic E-state index is 12.5. The Balaban J connectivity index is 2.06. The van der Waals surface area contributed by atoms with E-state index in [1.165, 1.54) is 11.3 Å². The molecular weight excluding hydrogens is 342 g/mol. The van der Waals surface area contributed by atoms with Crippen LogP contribution in [0.25, 0.3) is 0 Å². The quantitative estimate of drug-likeness (QED) is 0.792. The van der Waals surface area contributed by atoms with E-state index in [9.17, 15) is 9.59 Å². The van der Waals surface area contributed by atoms with Crippen LogP contribution in [-0.2, 0) is 4.79 Å². The molecule has 0 aliphatic rings. The molecule has 2 amide bonds. The zero-order valence-corrected chi connectivity index (χ0v) is 15.6. The van der Waals surface area contributed by atoms with Gasteiger partial charge >= 0.3 is 0 Å². The molecule has 0 spiro atoms. The molecule has 0 saturated heterocycles. The number of anilines is 1. The summed E-state index contributed by atoms with van der Waals surface area (Å²) in [6.45, 7) is 3.86. The highest BCUT2D eigenvalue weighted by Gasteiger charge is 2.22. The molecule has 7 heteroatoms. The van der Waals surface area contributed by atoms with E-state index in [-0.39, 0.29) is 11.8 Å². The van der Waals surface area contributed by atoms with Crippen molar-refractivity contribution in [2.45, 2.75) is 26.3 Å². The topological polar surface area (TPSA) is 71.1 Å². The average molecular weight is 364 g/mol. The fourth-order valence-electron chi connectivity index (χ4n) is 2.14. The van der Waals surface area contributed by atoms with Gasteiger partial charge in [0.05, 0.1) is 0 Å². The first-order chi connectivity index (χ1) is 11.5. The SMILES string of the molecule is CSCCC(NC(=O)c1cccc(C)c1)C(=O)Nc1ncc(C)s1. The van der Waals surface area contributed by atoms with Gasteiger partial charge in [0.25, 0.3) is 5.91 Å². The second-order valence-corrected chi connectivity index (χ2v) is 7.66. The molecule has 0 fully saturated rings. The third-order valence-electron chi connectivity index (χ3n) is 3.36. The van der Waals surface area contributed by atoms with Crippen molar-refractivity contribution in [3.8, 4) is 0 Å². The summed E-state index contributed by atoms with van der Waals surface area (Å²) < 4.78 is 0. The molecule has 1 unspecified atom stereocenters. The lowest BCUT2D eigenvalue weighted by molar-refractivity contribution is -0.118. The smallest absolute Gasteiger partial charge is 0.251 e. The summed E-state index contributed by atoms with van der Waals surface area (Å²) in [5.41, 5.74) is 1.56. The highest BCUT2D eigenvalue weighted by Crippen LogP contribution is 2.17. The number of carbonyl (C=O) groups is 2. The van der Waals surface area contributed by atoms with Gasteiger partial charge in [-0.2, -0.15) is 11.8 Å². The molecule has 5 nitrogen and oxygen atoms in total. The molecule has 24 heavy (non-hydrogen) atoms. The third-order valence-corrected chi connectivity index (χ3v) is 4.84. The van der Waals surface area contributed by atoms with Crippen molar-refractivity contribution >= 4 is 40.0 Å². The van der Waals surface area contributed by atoms with Crippen molar-refractivity contribution in [1.82, 2.24) is 10.3 Å². The number of aryl methyl sites for hydroxylation is 2. The molecule has 128 valence electrons. The maximum Gasteiger partial charge on any atom is 0.251 e. The van der Waals surface area contributed by atoms with Gasteiger partial charge in [-0.3, -0.25) is 9.59 Å². The van der Waals surface area contributed by atoms with Crippen LogP contribution in [0.15, 0.2) is 30.5 Å². The van der Waals surface area contributed by atoms with Gasteiger partial charge in [-0.1, -0.05) is 17.7 Å². The Hall–Kier alpha value is -1.86. The molecule has 0 saturated carbocycles. The van der Waals surface area contributed by atoms with E-state index in [1.54, 1.807) is 24.0 Å². The number of aromatic nitrogens is 1. The van der Waals surface area contributed by atoms with Crippen LogP contribution >= 0.6 is 23.1 Å². The van der Waals surface area contributed by atoms with Gasteiger partial charge in [-0.25, -0.2) is 4.98 Å². The van der Waals surface area contributed by atoms with Crippen LogP contribution in [0.1, 0.15) is 27.2 Å². The van der Waals surface area contributed by atoms with Crippen LogP contribution in [0.2, 0.25) is 0 Å². The van der Waals surface area contributed by atoms with Crippen molar-refractivity contribution in [2.75, 3.05) is 17.3 Å². The lowest BCUT2D eigenvalue weighted by Gasteiger charge is -2.17. The molecule has 1 atom stereocenters. The number of thiazole rings is 1. The number of hydrogen-bond acceptors (Lipinski definition) is 5. The molecular formula is C17H21N3O2S2. The number of rotatable bonds is 7. The van der Waals surface area contributed by atoms with Crippen molar-refractivity contribution < 1.29 is 9.59 Å². The molecule has 2 rings (SSSR count). The van der Waals surface area contributed by atoms with Crippen molar-refractivity contribution in [3.05, 3.63) is 46.5 Å². The second-order valence-electron chi connectivity index (χ2n) is 5.44. The highest BCUT2D eigenvalue weighted by atomic mass is 32.2. The zero-order chi connectivity index (χ0) is 17.5. The van der Waals surface area contributed by atoms with Crippen LogP contribution in [-0.4, -0.2) is 34.8 Å². The fraction of sp³-hybridized carbons (Fsp3) is 0.353. The molecule has 0 aliphatic carbocycles. The molecule has 1 aromatic heterocycles. The Bertz CT molecular complexity index is 715. The minimum absolute atomic E-state index is 0.237. The van der Waals surface area contributed by atoms with E-state index >= 15 is 0 Å². The molecule has 2 aromatic rings. The van der Waals surface area contributed by atoms with E-state index in [0.717, 1.165) is 16.2 Å². The lowest BCUT2D eigenvalue weighted by Crippen LogP contribution is -2.44. The third kappa shape index (κ3) is 5.35. The van der Waals surface area contributed by atoms with Gasteiger partial charge in [0.1, 0.15) is 6.04 Å². The van der Waals surface area contributed by atoms with Gasteiger partial charge in [-0.05, 0) is 44.4 Å². The van der Waals surface area contributed by atoms with Crippen molar-refractivity contribution in [1.29, 1.82) is 0 Å². The molecule has 2 N–H and O–H groups in total. The minimum atomic E-state index is -0.588. The van der Waals surface area contributed by atoms with Crippen LogP contribution in [0.5, 0.6) is 0 Å². The first kappa shape index (κ1) is 18.5. The standard InChI is InChI=1S/C17H21N3O2S2/c1-11-5-4-6-13(9-11)15(21)19-14(7-8-23-3)16(22)20-17-18-10-12(2)24-17/h4-6,9-10,14H,7-8H2,1-3H3,(H,19,21)(H,18,20,22). The van der Waals surface area contributed by atoms with Crippen LogP contribution in [0.3, 0.4) is 0 Å². The number of hydrogen-bond donors (Lipinski definition) is 2. The Labute approximate surface area is 150 Å². The van der Waals surface area contributed by atoms with Gasteiger partial charge in [-0.15, -0.1) is 11.3 Å². The first-order valence-corrected chi connectivity index (χ1v) is 9.80. The molecule has 0 aliphatic heterocycles. The summed E-state index contributed by atoms with van der Waals surface area (Å²) in [5, 5.41) is 6.17. The summed E-state index contributed by atoms with van der Waals surface area (Å²) >= 11 is 3.05. The lowest BCUT2D eigenvalue weighted by atomic mass is 10.1. The number of amides is 2. The van der Waals surface area contributed by atoms with Crippen LogP contribution in [0.4, 0.5) is 5.13 Å². The van der Waals surface area contributed by atoms with Crippen LogP contribution < -0.4 is 10.6 Å². The predicted molar refractivity (Wildman–Crippen MR) is 101 cm³/mol. The van der Waals surface area contributed by atoms with Gasteiger partial charge in [0.15, 0.2) is 5.13 Å². The highest BCUT2D eigenvalue weighted by molar-refractivity contribution is 7.98. The van der Waals surface area contributed by atoms with Gasteiger partial charge in [0, 0.05) is 16.6 Å². The van der Waals surface area contributed by atoms with E-state index in [2.05, 4.69) is 15.6 Å². The Morgan fingerprint density at radius 1 is 1.33 bits per heavy atom. The fourth-order valence-corrected chi connectivity index (χ4v) is 3.28. The van der Waals surface area contributed by atoms with E-state index in [0.29, 0.717) is 17.1 Å². The van der Waals surface area contributed by atoms with Crippen LogP contribution in [0, 0.1) is 13.8 Å². The van der Waals surface area contributed by atoms with E-state index in [4.69, 9.17) is 0 Å². The Kier molecular flexibility index (Phi) is 6.81. The number of nitrogens with zero attached hydrogens (tertiary/aromatic N) is 1. The monoisotopic (exact) mass is 363 g/mol. The van der Waals surface area contributed by atoms with Crippen molar-refractivity contribution in [2.24, 2.45) is 0 Å². The molecule has 0 bridgehead atoms. The predicted octanol–water partition coefficient (Wildman–Crippen LogP) is 3.25. The number of carbonyl (C=O) groups excluding carboxylic acids is 2. The first-order valence-electron chi connectivity index (χ1n) is 7.59. The second kappa shape index (κ2) is 8.84. The minimum Gasteiger partial charge on any atom is -0.340 e. The summed E-state index contributed by atoms with van der Waals surface area (Å²) in [4.78, 5) is 30.1. The molecule has 1 heterocycles. The van der Waals surface area contributed by atoms with Gasteiger partial charge in [0.2, 0.25) is 5.91 Å². The Morgan fingerprint density at radius 2 is 2.12 bits per heavy atom. The number of nitrogens with one attached hydrogen (secondary N) is 2. The summed E-state index contributed by atoms with van der Waals surface area (Å²) in [5.74, 6) is 0.304. The average Bonchev–Trinajstić information content (AvgIpc) is 2.96. The number of thioether (sulfide) groups is 1. The molecule has 1 aromatic carbocycles.